The molecule has 2 aromatic heterocycles. The lowest BCUT2D eigenvalue weighted by Gasteiger charge is -2.10. The molecule has 0 bridgehead atoms. The Labute approximate surface area is 100 Å². The minimum Gasteiger partial charge on any atom is -0.397 e. The molecule has 0 spiro atoms. The van der Waals surface area contributed by atoms with Gasteiger partial charge in [0.2, 0.25) is 0 Å². The molecule has 0 aliphatic carbocycles. The van der Waals surface area contributed by atoms with E-state index in [1.165, 1.54) is 0 Å². The number of fused-ring (bicyclic) bond motifs is 1. The normalized spacial score (nSPS) is 21.4. The average molecular weight is 231 g/mol. The molecule has 1 saturated heterocycles. The topological polar surface area (TPSA) is 59.5 Å². The molecule has 3 rings (SSSR count). The van der Waals surface area contributed by atoms with Gasteiger partial charge in [0.25, 0.3) is 0 Å². The first-order valence-electron chi connectivity index (χ1n) is 6.10. The number of rotatable bonds is 2. The number of pyridine rings is 1. The molecule has 17 heavy (non-hydrogen) atoms. The number of anilines is 1. The minimum absolute atomic E-state index is 0.469. The van der Waals surface area contributed by atoms with Gasteiger partial charge in [0.05, 0.1) is 11.9 Å². The van der Waals surface area contributed by atoms with Crippen LogP contribution in [-0.4, -0.2) is 39.1 Å². The summed E-state index contributed by atoms with van der Waals surface area (Å²) in [5, 5.41) is 4.52. The Morgan fingerprint density at radius 2 is 2.35 bits per heavy atom. The molecule has 1 aliphatic rings. The van der Waals surface area contributed by atoms with Crippen molar-refractivity contribution >= 4 is 11.3 Å². The molecule has 3 heterocycles. The van der Waals surface area contributed by atoms with Crippen LogP contribution in [0, 0.1) is 0 Å². The fraction of sp³-hybridized carbons (Fsp3) is 0.500. The van der Waals surface area contributed by atoms with E-state index >= 15 is 0 Å². The Bertz CT molecular complexity index is 533. The number of nitrogens with two attached hydrogens (primary N) is 1. The Balaban J connectivity index is 1.91. The van der Waals surface area contributed by atoms with Gasteiger partial charge in [-0.15, -0.1) is 0 Å². The molecule has 5 heteroatoms. The van der Waals surface area contributed by atoms with E-state index in [0.29, 0.717) is 5.92 Å². The van der Waals surface area contributed by atoms with Gasteiger partial charge in [-0.25, -0.2) is 9.50 Å². The summed E-state index contributed by atoms with van der Waals surface area (Å²) >= 11 is 0. The Hall–Kier alpha value is -1.62. The van der Waals surface area contributed by atoms with Crippen LogP contribution in [0.15, 0.2) is 18.3 Å². The van der Waals surface area contributed by atoms with E-state index in [-0.39, 0.29) is 0 Å². The van der Waals surface area contributed by atoms with Gasteiger partial charge >= 0.3 is 0 Å². The summed E-state index contributed by atoms with van der Waals surface area (Å²) < 4.78 is 1.78. The highest BCUT2D eigenvalue weighted by Gasteiger charge is 2.25. The molecule has 1 unspecified atom stereocenters. The largest absolute Gasteiger partial charge is 0.397 e. The highest BCUT2D eigenvalue weighted by molar-refractivity contribution is 5.46. The molecule has 1 fully saturated rings. The summed E-state index contributed by atoms with van der Waals surface area (Å²) in [5.41, 5.74) is 7.33. The van der Waals surface area contributed by atoms with Crippen LogP contribution in [0.3, 0.4) is 0 Å². The first-order valence-corrected chi connectivity index (χ1v) is 6.10. The fourth-order valence-electron chi connectivity index (χ4n) is 2.42. The highest BCUT2D eigenvalue weighted by Crippen LogP contribution is 2.24. The number of hydrogen-bond donors (Lipinski definition) is 1. The molecule has 0 radical (unpaired) electrons. The number of nitrogens with zero attached hydrogens (tertiary/aromatic N) is 4. The zero-order valence-electron chi connectivity index (χ0n) is 10.0. The summed E-state index contributed by atoms with van der Waals surface area (Å²) in [6.45, 7) is 5.53. The smallest absolute Gasteiger partial charge is 0.156 e. The Kier molecular flexibility index (Phi) is 2.48. The molecule has 0 aromatic carbocycles. The van der Waals surface area contributed by atoms with E-state index in [9.17, 15) is 0 Å². The van der Waals surface area contributed by atoms with Gasteiger partial charge in [-0.1, -0.05) is 6.92 Å². The summed E-state index contributed by atoms with van der Waals surface area (Å²) in [7, 11) is 0. The van der Waals surface area contributed by atoms with Crippen molar-refractivity contribution in [3.05, 3.63) is 24.2 Å². The van der Waals surface area contributed by atoms with Crippen LogP contribution in [0.5, 0.6) is 0 Å². The molecule has 1 atom stereocenters. The predicted octanol–water partition coefficient (Wildman–Crippen LogP) is 1.12. The van der Waals surface area contributed by atoms with Crippen LogP contribution >= 0.6 is 0 Å². The molecule has 5 nitrogen and oxygen atoms in total. The van der Waals surface area contributed by atoms with Crippen molar-refractivity contribution in [1.29, 1.82) is 0 Å². The van der Waals surface area contributed by atoms with Crippen LogP contribution in [0.2, 0.25) is 0 Å². The SMILES string of the molecule is CCN1CCC(c2nc3ccc(N)cn3n2)C1. The lowest BCUT2D eigenvalue weighted by molar-refractivity contribution is 0.352. The van der Waals surface area contributed by atoms with Gasteiger partial charge in [0.15, 0.2) is 11.5 Å². The van der Waals surface area contributed by atoms with Crippen molar-refractivity contribution in [3.8, 4) is 0 Å². The standard InChI is InChI=1S/C12H17N5/c1-2-16-6-5-9(7-16)12-14-11-4-3-10(13)8-17(11)15-12/h3-4,8-9H,2,5-7,13H2,1H3. The maximum Gasteiger partial charge on any atom is 0.156 e. The second-order valence-corrected chi connectivity index (χ2v) is 4.61. The van der Waals surface area contributed by atoms with Gasteiger partial charge in [0.1, 0.15) is 0 Å². The van der Waals surface area contributed by atoms with E-state index < -0.39 is 0 Å². The van der Waals surface area contributed by atoms with Crippen LogP contribution in [0.4, 0.5) is 5.69 Å². The van der Waals surface area contributed by atoms with Gasteiger partial charge in [0, 0.05) is 12.5 Å². The zero-order chi connectivity index (χ0) is 11.8. The van der Waals surface area contributed by atoms with Crippen molar-refractivity contribution < 1.29 is 0 Å². The van der Waals surface area contributed by atoms with Gasteiger partial charge in [-0.05, 0) is 31.6 Å². The van der Waals surface area contributed by atoms with Gasteiger partial charge in [-0.2, -0.15) is 5.10 Å². The third-order valence-corrected chi connectivity index (χ3v) is 3.45. The number of likely N-dealkylation sites (N-methyl/N-ethyl adjacent to an activating group) is 1. The minimum atomic E-state index is 0.469. The number of hydrogen-bond acceptors (Lipinski definition) is 4. The molecular weight excluding hydrogens is 214 g/mol. The van der Waals surface area contributed by atoms with Gasteiger partial charge < -0.3 is 10.6 Å². The van der Waals surface area contributed by atoms with Crippen molar-refractivity contribution in [2.75, 3.05) is 25.4 Å². The number of likely N-dealkylation sites (tertiary alicyclic amines) is 1. The first kappa shape index (κ1) is 10.5. The maximum absolute atomic E-state index is 5.73. The van der Waals surface area contributed by atoms with Crippen LogP contribution in [0.25, 0.3) is 5.65 Å². The summed E-state index contributed by atoms with van der Waals surface area (Å²) in [4.78, 5) is 7.01. The van der Waals surface area contributed by atoms with Crippen molar-refractivity contribution in [1.82, 2.24) is 19.5 Å². The Morgan fingerprint density at radius 3 is 3.12 bits per heavy atom. The fourth-order valence-corrected chi connectivity index (χ4v) is 2.42. The van der Waals surface area contributed by atoms with Crippen molar-refractivity contribution in [3.63, 3.8) is 0 Å². The summed E-state index contributed by atoms with van der Waals surface area (Å²) in [6, 6.07) is 3.78. The second-order valence-electron chi connectivity index (χ2n) is 4.61. The van der Waals surface area contributed by atoms with E-state index in [0.717, 1.165) is 43.2 Å². The molecule has 0 amide bonds. The van der Waals surface area contributed by atoms with Crippen molar-refractivity contribution in [2.24, 2.45) is 0 Å². The average Bonchev–Trinajstić information content (AvgIpc) is 2.93. The zero-order valence-corrected chi connectivity index (χ0v) is 10.0. The molecule has 0 saturated carbocycles. The monoisotopic (exact) mass is 231 g/mol. The number of aromatic nitrogens is 3. The van der Waals surface area contributed by atoms with Crippen LogP contribution in [0.1, 0.15) is 25.1 Å². The van der Waals surface area contributed by atoms with Crippen molar-refractivity contribution in [2.45, 2.75) is 19.3 Å². The summed E-state index contributed by atoms with van der Waals surface area (Å²) in [6.07, 6.45) is 2.97. The number of nitrogen functional groups attached to an aromatic ring is 1. The van der Waals surface area contributed by atoms with E-state index in [2.05, 4.69) is 21.9 Å². The lowest BCUT2D eigenvalue weighted by Crippen LogP contribution is -2.19. The molecular formula is C12H17N5. The third-order valence-electron chi connectivity index (χ3n) is 3.45. The van der Waals surface area contributed by atoms with Gasteiger partial charge in [-0.3, -0.25) is 0 Å². The van der Waals surface area contributed by atoms with Crippen LogP contribution < -0.4 is 5.73 Å². The van der Waals surface area contributed by atoms with E-state index in [4.69, 9.17) is 5.73 Å². The Morgan fingerprint density at radius 1 is 1.47 bits per heavy atom. The molecule has 2 N–H and O–H groups in total. The molecule has 2 aromatic rings. The molecule has 1 aliphatic heterocycles. The predicted molar refractivity (Wildman–Crippen MR) is 66.9 cm³/mol. The second kappa shape index (κ2) is 4.00. The van der Waals surface area contributed by atoms with E-state index in [1.54, 1.807) is 4.52 Å². The lowest BCUT2D eigenvalue weighted by atomic mass is 10.1. The summed E-state index contributed by atoms with van der Waals surface area (Å²) in [5.74, 6) is 1.42. The van der Waals surface area contributed by atoms with E-state index in [1.807, 2.05) is 18.3 Å². The maximum atomic E-state index is 5.73. The first-order chi connectivity index (χ1) is 8.26. The third kappa shape index (κ3) is 1.86. The molecule has 90 valence electrons. The highest BCUT2D eigenvalue weighted by atomic mass is 15.3. The quantitative estimate of drug-likeness (QED) is 0.841. The van der Waals surface area contributed by atoms with Crippen LogP contribution in [-0.2, 0) is 0 Å².